The Labute approximate surface area is 181 Å². The summed E-state index contributed by atoms with van der Waals surface area (Å²) in [6.07, 6.45) is 6.16. The number of piperidine rings is 1. The van der Waals surface area contributed by atoms with Gasteiger partial charge in [-0.25, -0.2) is 12.7 Å². The van der Waals surface area contributed by atoms with Gasteiger partial charge < -0.3 is 15.4 Å². The number of fused-ring (bicyclic) bond motifs is 1. The summed E-state index contributed by atoms with van der Waals surface area (Å²) in [6.45, 7) is 4.35. The molecule has 1 aliphatic carbocycles. The van der Waals surface area contributed by atoms with Gasteiger partial charge in [0.05, 0.1) is 11.9 Å². The number of aliphatic imine (C=N–C) groups is 1. The normalized spacial score (nSPS) is 21.3. The predicted molar refractivity (Wildman–Crippen MR) is 121 cm³/mol. The molecule has 0 saturated carbocycles. The maximum atomic E-state index is 12.0. The van der Waals surface area contributed by atoms with Gasteiger partial charge in [-0.3, -0.25) is 4.99 Å². The highest BCUT2D eigenvalue weighted by Gasteiger charge is 2.27. The predicted octanol–water partition coefficient (Wildman–Crippen LogP) is 2.45. The minimum absolute atomic E-state index is 0.169. The summed E-state index contributed by atoms with van der Waals surface area (Å²) < 4.78 is 31.7. The SMILES string of the molecule is CCS(=O)(=O)N1CCC(NC(=NC)NCCCOC2CCCc3ccccc32)CC1. The van der Waals surface area contributed by atoms with Gasteiger partial charge in [-0.1, -0.05) is 24.3 Å². The van der Waals surface area contributed by atoms with Gasteiger partial charge in [-0.2, -0.15) is 0 Å². The van der Waals surface area contributed by atoms with E-state index in [1.165, 1.54) is 17.5 Å². The Morgan fingerprint density at radius 1 is 1.23 bits per heavy atom. The van der Waals surface area contributed by atoms with Crippen molar-refractivity contribution in [3.8, 4) is 0 Å². The van der Waals surface area contributed by atoms with E-state index in [0.29, 0.717) is 13.1 Å². The Hall–Kier alpha value is -1.64. The van der Waals surface area contributed by atoms with Crippen LogP contribution in [0.3, 0.4) is 0 Å². The molecule has 2 N–H and O–H groups in total. The second-order valence-corrected chi connectivity index (χ2v) is 10.3. The molecule has 168 valence electrons. The Kier molecular flexibility index (Phi) is 8.53. The lowest BCUT2D eigenvalue weighted by Gasteiger charge is -2.32. The molecule has 1 aliphatic heterocycles. The van der Waals surface area contributed by atoms with E-state index in [2.05, 4.69) is 39.9 Å². The first-order valence-electron chi connectivity index (χ1n) is 11.2. The van der Waals surface area contributed by atoms with Crippen LogP contribution in [-0.2, 0) is 21.2 Å². The number of guanidine groups is 1. The van der Waals surface area contributed by atoms with Crippen LogP contribution in [0.15, 0.2) is 29.3 Å². The van der Waals surface area contributed by atoms with Crippen molar-refractivity contribution in [3.63, 3.8) is 0 Å². The molecule has 0 spiro atoms. The Balaban J connectivity index is 1.34. The molecule has 1 aromatic rings. The number of hydrogen-bond acceptors (Lipinski definition) is 4. The first-order chi connectivity index (χ1) is 14.5. The Morgan fingerprint density at radius 2 is 2.00 bits per heavy atom. The maximum absolute atomic E-state index is 12.0. The maximum Gasteiger partial charge on any atom is 0.213 e. The second-order valence-electron chi connectivity index (χ2n) is 8.02. The van der Waals surface area contributed by atoms with Gasteiger partial charge in [0.25, 0.3) is 0 Å². The summed E-state index contributed by atoms with van der Waals surface area (Å²) in [5, 5.41) is 6.78. The molecule has 3 rings (SSSR count). The smallest absolute Gasteiger partial charge is 0.213 e. The van der Waals surface area contributed by atoms with Crippen LogP contribution in [0.25, 0.3) is 0 Å². The zero-order valence-electron chi connectivity index (χ0n) is 18.3. The average Bonchev–Trinajstić information content (AvgIpc) is 2.78. The minimum Gasteiger partial charge on any atom is -0.373 e. The first kappa shape index (κ1) is 23.0. The summed E-state index contributed by atoms with van der Waals surface area (Å²) in [5.41, 5.74) is 2.78. The van der Waals surface area contributed by atoms with Crippen molar-refractivity contribution in [2.24, 2.45) is 4.99 Å². The van der Waals surface area contributed by atoms with Crippen LogP contribution < -0.4 is 10.6 Å². The van der Waals surface area contributed by atoms with Gasteiger partial charge in [0.1, 0.15) is 0 Å². The fraction of sp³-hybridized carbons (Fsp3) is 0.682. The van der Waals surface area contributed by atoms with Crippen LogP contribution in [0.5, 0.6) is 0 Å². The van der Waals surface area contributed by atoms with Gasteiger partial charge in [-0.05, 0) is 56.6 Å². The molecule has 2 aliphatic rings. The quantitative estimate of drug-likeness (QED) is 0.372. The van der Waals surface area contributed by atoms with Crippen molar-refractivity contribution in [2.75, 3.05) is 39.0 Å². The van der Waals surface area contributed by atoms with Crippen LogP contribution in [0, 0.1) is 0 Å². The molecule has 1 aromatic carbocycles. The highest BCUT2D eigenvalue weighted by atomic mass is 32.2. The van der Waals surface area contributed by atoms with E-state index in [0.717, 1.165) is 51.2 Å². The molecule has 8 heteroatoms. The molecule has 30 heavy (non-hydrogen) atoms. The number of benzene rings is 1. The van der Waals surface area contributed by atoms with Gasteiger partial charge in [0, 0.05) is 39.3 Å². The second kappa shape index (κ2) is 11.1. The molecule has 0 aromatic heterocycles. The third-order valence-electron chi connectivity index (χ3n) is 6.02. The van der Waals surface area contributed by atoms with Crippen LogP contribution in [0.2, 0.25) is 0 Å². The number of nitrogens with zero attached hydrogens (tertiary/aromatic N) is 2. The minimum atomic E-state index is -3.08. The number of rotatable bonds is 8. The molecular formula is C22H36N4O3S. The number of sulfonamides is 1. The summed E-state index contributed by atoms with van der Waals surface area (Å²) in [7, 11) is -1.32. The van der Waals surface area contributed by atoms with Crippen molar-refractivity contribution in [1.29, 1.82) is 0 Å². The van der Waals surface area contributed by atoms with E-state index in [1.807, 2.05) is 0 Å². The topological polar surface area (TPSA) is 83.0 Å². The third-order valence-corrected chi connectivity index (χ3v) is 7.91. The summed E-state index contributed by atoms with van der Waals surface area (Å²) in [5.74, 6) is 0.942. The van der Waals surface area contributed by atoms with Crippen molar-refractivity contribution >= 4 is 16.0 Å². The van der Waals surface area contributed by atoms with Crippen molar-refractivity contribution in [2.45, 2.75) is 57.6 Å². The van der Waals surface area contributed by atoms with E-state index in [4.69, 9.17) is 4.74 Å². The monoisotopic (exact) mass is 436 g/mol. The number of hydrogen-bond donors (Lipinski definition) is 2. The zero-order valence-corrected chi connectivity index (χ0v) is 19.1. The summed E-state index contributed by atoms with van der Waals surface area (Å²) in [4.78, 5) is 4.31. The average molecular weight is 437 g/mol. The van der Waals surface area contributed by atoms with Gasteiger partial charge in [0.15, 0.2) is 5.96 Å². The summed E-state index contributed by atoms with van der Waals surface area (Å²) >= 11 is 0. The lowest BCUT2D eigenvalue weighted by Crippen LogP contribution is -2.50. The lowest BCUT2D eigenvalue weighted by atomic mass is 9.89. The molecule has 7 nitrogen and oxygen atoms in total. The van der Waals surface area contributed by atoms with Crippen LogP contribution >= 0.6 is 0 Å². The van der Waals surface area contributed by atoms with Crippen molar-refractivity contribution in [3.05, 3.63) is 35.4 Å². The van der Waals surface area contributed by atoms with Crippen molar-refractivity contribution < 1.29 is 13.2 Å². The van der Waals surface area contributed by atoms with Crippen LogP contribution in [0.1, 0.15) is 56.3 Å². The largest absolute Gasteiger partial charge is 0.373 e. The van der Waals surface area contributed by atoms with Crippen LogP contribution in [0.4, 0.5) is 0 Å². The van der Waals surface area contributed by atoms with E-state index in [-0.39, 0.29) is 17.9 Å². The zero-order chi connectivity index (χ0) is 21.4. The number of ether oxygens (including phenoxy) is 1. The van der Waals surface area contributed by atoms with Crippen LogP contribution in [-0.4, -0.2) is 63.8 Å². The summed E-state index contributed by atoms with van der Waals surface area (Å²) in [6, 6.07) is 8.86. The molecule has 0 radical (unpaired) electrons. The number of nitrogens with one attached hydrogen (secondary N) is 2. The standard InChI is InChI=1S/C22H36N4O3S/c1-3-30(27,28)26-15-12-19(13-16-26)25-22(23-2)24-14-7-17-29-21-11-6-9-18-8-4-5-10-20(18)21/h4-5,8,10,19,21H,3,6-7,9,11-17H2,1-2H3,(H2,23,24,25). The molecule has 1 saturated heterocycles. The number of aryl methyl sites for hydroxylation is 1. The first-order valence-corrected chi connectivity index (χ1v) is 12.8. The molecule has 0 bridgehead atoms. The molecule has 1 atom stereocenters. The molecule has 1 fully saturated rings. The van der Waals surface area contributed by atoms with Gasteiger partial charge >= 0.3 is 0 Å². The fourth-order valence-corrected chi connectivity index (χ4v) is 5.37. The Morgan fingerprint density at radius 3 is 2.73 bits per heavy atom. The lowest BCUT2D eigenvalue weighted by molar-refractivity contribution is 0.0398. The highest BCUT2D eigenvalue weighted by molar-refractivity contribution is 7.89. The molecule has 1 heterocycles. The van der Waals surface area contributed by atoms with Gasteiger partial charge in [-0.15, -0.1) is 0 Å². The third kappa shape index (κ3) is 6.18. The molecular weight excluding hydrogens is 400 g/mol. The van der Waals surface area contributed by atoms with E-state index in [1.54, 1.807) is 18.3 Å². The van der Waals surface area contributed by atoms with E-state index >= 15 is 0 Å². The highest BCUT2D eigenvalue weighted by Crippen LogP contribution is 2.32. The Bertz CT molecular complexity index is 804. The molecule has 0 amide bonds. The van der Waals surface area contributed by atoms with Gasteiger partial charge in [0.2, 0.25) is 10.0 Å². The van der Waals surface area contributed by atoms with E-state index in [9.17, 15) is 8.42 Å². The van der Waals surface area contributed by atoms with Crippen molar-refractivity contribution in [1.82, 2.24) is 14.9 Å². The van der Waals surface area contributed by atoms with E-state index < -0.39 is 10.0 Å². The fourth-order valence-electron chi connectivity index (χ4n) is 4.24. The molecule has 1 unspecified atom stereocenters.